The van der Waals surface area contributed by atoms with E-state index in [9.17, 15) is 23.9 Å². The number of rotatable bonds is 6. The Morgan fingerprint density at radius 1 is 1.18 bits per heavy atom. The molecule has 1 saturated heterocycles. The minimum Gasteiger partial charge on any atom is -0.476 e. The molecular weight excluding hydrogens is 465 g/mol. The number of carboxylic acids is 1. The summed E-state index contributed by atoms with van der Waals surface area (Å²) in [6, 6.07) is 7.90. The number of hydrogen-bond acceptors (Lipinski definition) is 5. The van der Waals surface area contributed by atoms with Gasteiger partial charge in [-0.15, -0.1) is 0 Å². The fraction of sp³-hybridized carbons (Fsp3) is 0.348. The number of amides is 2. The average Bonchev–Trinajstić information content (AvgIpc) is 3.29. The first-order valence-corrected chi connectivity index (χ1v) is 11.2. The lowest BCUT2D eigenvalue weighted by Gasteiger charge is -2.24. The number of carbonyl (C=O) groups is 3. The standard InChI is InChI=1S/C23H21ClFN5O4/c24-13-3-1-12(2-4-13)16-8-17(16)27-22(32)18-7-14(25)10-29(18)20(31)11-30-19-9-26-6-5-15(19)21(28-30)23(33)34/h1-6,9,14,16-18H,7-8,10-11H2,(H,27,32)(H,33,34)/t14-,16+,17-,18+/m1/s1. The van der Waals surface area contributed by atoms with Gasteiger partial charge >= 0.3 is 5.97 Å². The second kappa shape index (κ2) is 8.68. The van der Waals surface area contributed by atoms with Crippen LogP contribution in [0.2, 0.25) is 5.02 Å². The molecule has 1 aliphatic heterocycles. The predicted molar refractivity (Wildman–Crippen MR) is 120 cm³/mol. The zero-order chi connectivity index (χ0) is 24.0. The van der Waals surface area contributed by atoms with Gasteiger partial charge in [-0.3, -0.25) is 19.3 Å². The Morgan fingerprint density at radius 2 is 1.94 bits per heavy atom. The monoisotopic (exact) mass is 485 g/mol. The molecule has 34 heavy (non-hydrogen) atoms. The Morgan fingerprint density at radius 3 is 2.68 bits per heavy atom. The highest BCUT2D eigenvalue weighted by atomic mass is 35.5. The number of carbonyl (C=O) groups excluding carboxylic acids is 2. The van der Waals surface area contributed by atoms with Crippen molar-refractivity contribution in [3.8, 4) is 0 Å². The molecule has 2 aromatic heterocycles. The lowest BCUT2D eigenvalue weighted by atomic mass is 10.1. The molecule has 2 N–H and O–H groups in total. The van der Waals surface area contributed by atoms with Crippen molar-refractivity contribution in [2.45, 2.75) is 43.6 Å². The van der Waals surface area contributed by atoms with Gasteiger partial charge in [0.25, 0.3) is 0 Å². The third-order valence-corrected chi connectivity index (χ3v) is 6.58. The highest BCUT2D eigenvalue weighted by Gasteiger charge is 2.44. The van der Waals surface area contributed by atoms with Crippen LogP contribution in [0.1, 0.15) is 34.8 Å². The molecule has 11 heteroatoms. The Labute approximate surface area is 198 Å². The van der Waals surface area contributed by atoms with Crippen molar-refractivity contribution in [1.82, 2.24) is 25.0 Å². The maximum absolute atomic E-state index is 14.3. The summed E-state index contributed by atoms with van der Waals surface area (Å²) in [6.45, 7) is -0.533. The van der Waals surface area contributed by atoms with Crippen LogP contribution in [0.25, 0.3) is 10.9 Å². The number of nitrogens with zero attached hydrogens (tertiary/aromatic N) is 4. The van der Waals surface area contributed by atoms with Crippen LogP contribution in [0.5, 0.6) is 0 Å². The van der Waals surface area contributed by atoms with Crippen LogP contribution < -0.4 is 5.32 Å². The number of aromatic nitrogens is 3. The van der Waals surface area contributed by atoms with Gasteiger partial charge in [-0.2, -0.15) is 5.10 Å². The first-order valence-electron chi connectivity index (χ1n) is 10.8. The minimum absolute atomic E-state index is 0.0800. The van der Waals surface area contributed by atoms with E-state index in [2.05, 4.69) is 15.4 Å². The van der Waals surface area contributed by atoms with Crippen molar-refractivity contribution < 1.29 is 23.9 Å². The molecule has 4 atom stereocenters. The van der Waals surface area contributed by atoms with Crippen LogP contribution in [-0.4, -0.2) is 67.4 Å². The second-order valence-corrected chi connectivity index (χ2v) is 9.04. The number of aromatic carboxylic acids is 1. The van der Waals surface area contributed by atoms with E-state index in [-0.39, 0.29) is 37.2 Å². The summed E-state index contributed by atoms with van der Waals surface area (Å²) in [6.07, 6.45) is 2.20. The van der Waals surface area contributed by atoms with Crippen LogP contribution in [0.4, 0.5) is 4.39 Å². The molecule has 0 bridgehead atoms. The van der Waals surface area contributed by atoms with Gasteiger partial charge in [0, 0.05) is 35.0 Å². The number of likely N-dealkylation sites (tertiary alicyclic amines) is 1. The minimum atomic E-state index is -1.32. The van der Waals surface area contributed by atoms with E-state index in [4.69, 9.17) is 11.6 Å². The van der Waals surface area contributed by atoms with Gasteiger partial charge in [0.05, 0.1) is 18.3 Å². The third kappa shape index (κ3) is 4.21. The van der Waals surface area contributed by atoms with E-state index in [0.717, 1.165) is 12.0 Å². The van der Waals surface area contributed by atoms with Crippen molar-refractivity contribution in [2.75, 3.05) is 6.54 Å². The molecule has 2 aliphatic rings. The van der Waals surface area contributed by atoms with Gasteiger partial charge < -0.3 is 15.3 Å². The molecule has 3 heterocycles. The number of alkyl halides is 1. The smallest absolute Gasteiger partial charge is 0.357 e. The Kier molecular flexibility index (Phi) is 5.68. The summed E-state index contributed by atoms with van der Waals surface area (Å²) < 4.78 is 15.5. The molecule has 0 unspecified atom stereocenters. The first kappa shape index (κ1) is 22.3. The molecule has 3 aromatic rings. The molecule has 2 fully saturated rings. The molecule has 176 valence electrons. The quantitative estimate of drug-likeness (QED) is 0.553. The lowest BCUT2D eigenvalue weighted by Crippen LogP contribution is -2.47. The summed E-state index contributed by atoms with van der Waals surface area (Å²) in [5.74, 6) is -1.99. The third-order valence-electron chi connectivity index (χ3n) is 6.33. The summed E-state index contributed by atoms with van der Waals surface area (Å²) >= 11 is 5.93. The number of fused-ring (bicyclic) bond motifs is 1. The zero-order valence-corrected chi connectivity index (χ0v) is 18.7. The number of benzene rings is 1. The van der Waals surface area contributed by atoms with Crippen molar-refractivity contribution in [1.29, 1.82) is 0 Å². The van der Waals surface area contributed by atoms with Gasteiger partial charge in [0.1, 0.15) is 18.8 Å². The summed E-state index contributed by atoms with van der Waals surface area (Å²) in [5.41, 5.74) is 1.23. The normalized spacial score (nSPS) is 23.8. The number of hydrogen-bond donors (Lipinski definition) is 2. The highest BCUT2D eigenvalue weighted by molar-refractivity contribution is 6.30. The van der Waals surface area contributed by atoms with E-state index in [1.54, 1.807) is 12.1 Å². The molecule has 0 radical (unpaired) electrons. The van der Waals surface area contributed by atoms with E-state index in [0.29, 0.717) is 15.9 Å². The van der Waals surface area contributed by atoms with Crippen LogP contribution in [0.15, 0.2) is 42.7 Å². The fourth-order valence-corrected chi connectivity index (χ4v) is 4.66. The van der Waals surface area contributed by atoms with E-state index in [1.165, 1.54) is 28.0 Å². The number of pyridine rings is 1. The van der Waals surface area contributed by atoms with Gasteiger partial charge in [-0.05, 0) is 30.2 Å². The Balaban J connectivity index is 1.28. The van der Waals surface area contributed by atoms with Crippen molar-refractivity contribution in [3.05, 3.63) is 59.0 Å². The Hall–Kier alpha value is -3.53. The summed E-state index contributed by atoms with van der Waals surface area (Å²) in [7, 11) is 0. The van der Waals surface area contributed by atoms with E-state index < -0.39 is 30.0 Å². The first-order chi connectivity index (χ1) is 16.3. The number of nitrogens with one attached hydrogen (secondary N) is 1. The fourth-order valence-electron chi connectivity index (χ4n) is 4.54. The largest absolute Gasteiger partial charge is 0.476 e. The zero-order valence-electron chi connectivity index (χ0n) is 17.9. The molecule has 1 aliphatic carbocycles. The van der Waals surface area contributed by atoms with Crippen molar-refractivity contribution in [2.24, 2.45) is 0 Å². The van der Waals surface area contributed by atoms with Crippen LogP contribution >= 0.6 is 11.6 Å². The maximum Gasteiger partial charge on any atom is 0.357 e. The van der Waals surface area contributed by atoms with Crippen LogP contribution in [-0.2, 0) is 16.1 Å². The molecule has 5 rings (SSSR count). The summed E-state index contributed by atoms with van der Waals surface area (Å²) in [5, 5.41) is 17.3. The van der Waals surface area contributed by atoms with E-state index in [1.807, 2.05) is 12.1 Å². The van der Waals surface area contributed by atoms with Crippen LogP contribution in [0, 0.1) is 0 Å². The van der Waals surface area contributed by atoms with Gasteiger partial charge in [0.15, 0.2) is 5.69 Å². The average molecular weight is 486 g/mol. The molecule has 1 saturated carbocycles. The van der Waals surface area contributed by atoms with Gasteiger partial charge in [-0.25, -0.2) is 9.18 Å². The molecule has 0 spiro atoms. The van der Waals surface area contributed by atoms with Gasteiger partial charge in [-0.1, -0.05) is 23.7 Å². The topological polar surface area (TPSA) is 117 Å². The second-order valence-electron chi connectivity index (χ2n) is 8.61. The Bertz CT molecular complexity index is 1280. The summed E-state index contributed by atoms with van der Waals surface area (Å²) in [4.78, 5) is 42.7. The highest BCUT2D eigenvalue weighted by Crippen LogP contribution is 2.41. The SMILES string of the molecule is O=C(O)c1nn(CC(=O)N2C[C@H](F)C[C@H]2C(=O)N[C@@H]2C[C@H]2c2ccc(Cl)cc2)c2cnccc12. The van der Waals surface area contributed by atoms with Crippen LogP contribution in [0.3, 0.4) is 0 Å². The lowest BCUT2D eigenvalue weighted by molar-refractivity contribution is -0.139. The number of carboxylic acid groups (broad SMARTS) is 1. The maximum atomic E-state index is 14.3. The van der Waals surface area contributed by atoms with Gasteiger partial charge in [0.2, 0.25) is 11.8 Å². The number of halogens is 2. The molecule has 2 amide bonds. The molecule has 9 nitrogen and oxygen atoms in total. The van der Waals surface area contributed by atoms with Crippen molar-refractivity contribution >= 4 is 40.3 Å². The molecular formula is C23H21ClFN5O4. The predicted octanol–water partition coefficient (Wildman–Crippen LogP) is 2.39. The van der Waals surface area contributed by atoms with Crippen molar-refractivity contribution in [3.63, 3.8) is 0 Å². The molecule has 1 aromatic carbocycles. The van der Waals surface area contributed by atoms with E-state index >= 15 is 0 Å².